The molecule has 0 radical (unpaired) electrons. The molecule has 0 atom stereocenters. The quantitative estimate of drug-likeness (QED) is 0.743. The fourth-order valence-electron chi connectivity index (χ4n) is 1.24. The van der Waals surface area contributed by atoms with E-state index in [9.17, 15) is 9.90 Å². The highest BCUT2D eigenvalue weighted by atomic mass is 16.5. The molecule has 15 heavy (non-hydrogen) atoms. The van der Waals surface area contributed by atoms with E-state index in [1.807, 2.05) is 0 Å². The fourth-order valence-corrected chi connectivity index (χ4v) is 1.24. The van der Waals surface area contributed by atoms with Gasteiger partial charge in [-0.05, 0) is 12.1 Å². The second-order valence-corrected chi connectivity index (χ2v) is 2.90. The van der Waals surface area contributed by atoms with Crippen LogP contribution < -0.4 is 4.74 Å². The van der Waals surface area contributed by atoms with Crippen molar-refractivity contribution in [1.82, 2.24) is 9.97 Å². The Morgan fingerprint density at radius 3 is 2.80 bits per heavy atom. The molecule has 0 bridgehead atoms. The van der Waals surface area contributed by atoms with Crippen molar-refractivity contribution in [2.45, 2.75) is 0 Å². The summed E-state index contributed by atoms with van der Waals surface area (Å²) in [6, 6.07) is 5.02. The van der Waals surface area contributed by atoms with E-state index in [0.29, 0.717) is 23.1 Å². The van der Waals surface area contributed by atoms with Crippen molar-refractivity contribution in [1.29, 1.82) is 0 Å². The van der Waals surface area contributed by atoms with E-state index in [1.165, 1.54) is 7.11 Å². The first-order valence-electron chi connectivity index (χ1n) is 4.24. The molecule has 0 aliphatic rings. The zero-order chi connectivity index (χ0) is 10.8. The van der Waals surface area contributed by atoms with Crippen molar-refractivity contribution in [2.75, 3.05) is 7.11 Å². The molecule has 0 unspecified atom stereocenters. The third kappa shape index (κ3) is 1.59. The number of benzene rings is 1. The summed E-state index contributed by atoms with van der Waals surface area (Å²) in [6.45, 7) is 0. The molecular formula is C10H8N2O3. The van der Waals surface area contributed by atoms with Crippen LogP contribution in [0.1, 0.15) is 10.5 Å². The molecule has 0 amide bonds. The molecule has 0 aliphatic carbocycles. The fraction of sp³-hybridized carbons (Fsp3) is 0.100. The van der Waals surface area contributed by atoms with Crippen LogP contribution in [0.4, 0.5) is 0 Å². The lowest BCUT2D eigenvalue weighted by Crippen LogP contribution is -1.93. The van der Waals surface area contributed by atoms with Crippen LogP contribution in [0.2, 0.25) is 0 Å². The number of carbonyl (C=O) groups is 1. The van der Waals surface area contributed by atoms with Crippen LogP contribution in [-0.2, 0) is 0 Å². The lowest BCUT2D eigenvalue weighted by molar-refractivity contribution is 0.111. The predicted octanol–water partition coefficient (Wildman–Crippen LogP) is 1.16. The largest absolute Gasteiger partial charge is 0.497 e. The second-order valence-electron chi connectivity index (χ2n) is 2.90. The Balaban J connectivity index is 2.71. The Morgan fingerprint density at radius 2 is 2.13 bits per heavy atom. The molecule has 0 saturated heterocycles. The molecular weight excluding hydrogens is 196 g/mol. The summed E-state index contributed by atoms with van der Waals surface area (Å²) < 4.78 is 5.01. The zero-order valence-electron chi connectivity index (χ0n) is 7.97. The van der Waals surface area contributed by atoms with Crippen LogP contribution in [0.3, 0.4) is 0 Å². The lowest BCUT2D eigenvalue weighted by atomic mass is 10.2. The predicted molar refractivity (Wildman–Crippen MR) is 53.1 cm³/mol. The Hall–Kier alpha value is -2.17. The number of ether oxygens (including phenoxy) is 1. The average Bonchev–Trinajstić information content (AvgIpc) is 2.27. The van der Waals surface area contributed by atoms with Gasteiger partial charge in [0.2, 0.25) is 5.88 Å². The van der Waals surface area contributed by atoms with Gasteiger partial charge in [-0.25, -0.2) is 9.97 Å². The average molecular weight is 204 g/mol. The Bertz CT molecular complexity index is 525. The number of carbonyl (C=O) groups excluding carboxylic acids is 1. The molecule has 5 nitrogen and oxygen atoms in total. The second kappa shape index (κ2) is 3.53. The topological polar surface area (TPSA) is 72.3 Å². The minimum Gasteiger partial charge on any atom is -0.497 e. The smallest absolute Gasteiger partial charge is 0.241 e. The summed E-state index contributed by atoms with van der Waals surface area (Å²) in [5, 5.41) is 9.30. The van der Waals surface area contributed by atoms with E-state index < -0.39 is 0 Å². The minimum atomic E-state index is -0.359. The number of fused-ring (bicyclic) bond motifs is 1. The van der Waals surface area contributed by atoms with Gasteiger partial charge in [0.25, 0.3) is 0 Å². The van der Waals surface area contributed by atoms with E-state index in [1.54, 1.807) is 18.2 Å². The number of rotatable bonds is 2. The third-order valence-corrected chi connectivity index (χ3v) is 1.99. The third-order valence-electron chi connectivity index (χ3n) is 1.99. The molecule has 5 heteroatoms. The first-order chi connectivity index (χ1) is 7.24. The van der Waals surface area contributed by atoms with Crippen LogP contribution in [0.5, 0.6) is 11.6 Å². The highest BCUT2D eigenvalue weighted by Crippen LogP contribution is 2.20. The molecule has 1 N–H and O–H groups in total. The first-order valence-corrected chi connectivity index (χ1v) is 4.24. The van der Waals surface area contributed by atoms with E-state index in [0.717, 1.165) is 0 Å². The van der Waals surface area contributed by atoms with Gasteiger partial charge in [0.05, 0.1) is 18.1 Å². The minimum absolute atomic E-state index is 0.0734. The van der Waals surface area contributed by atoms with E-state index >= 15 is 0 Å². The molecule has 2 aromatic rings. The normalized spacial score (nSPS) is 10.2. The van der Waals surface area contributed by atoms with Crippen LogP contribution in [0.15, 0.2) is 18.2 Å². The maximum Gasteiger partial charge on any atom is 0.241 e. The van der Waals surface area contributed by atoms with Crippen molar-refractivity contribution >= 4 is 17.3 Å². The van der Waals surface area contributed by atoms with Crippen LogP contribution in [0, 0.1) is 0 Å². The van der Waals surface area contributed by atoms with Crippen molar-refractivity contribution < 1.29 is 14.6 Å². The summed E-state index contributed by atoms with van der Waals surface area (Å²) >= 11 is 0. The summed E-state index contributed by atoms with van der Waals surface area (Å²) in [4.78, 5) is 18.3. The van der Waals surface area contributed by atoms with Gasteiger partial charge in [-0.15, -0.1) is 0 Å². The summed E-state index contributed by atoms with van der Waals surface area (Å²) in [5.74, 6) is 0.266. The maximum atomic E-state index is 10.5. The highest BCUT2D eigenvalue weighted by Gasteiger charge is 2.06. The van der Waals surface area contributed by atoms with Crippen molar-refractivity contribution in [3.05, 3.63) is 23.9 Å². The molecule has 76 valence electrons. The molecule has 1 aromatic carbocycles. The van der Waals surface area contributed by atoms with Gasteiger partial charge < -0.3 is 9.84 Å². The maximum absolute atomic E-state index is 10.5. The molecule has 0 saturated carbocycles. The van der Waals surface area contributed by atoms with Crippen LogP contribution in [0.25, 0.3) is 11.0 Å². The summed E-state index contributed by atoms with van der Waals surface area (Å²) in [5.41, 5.74) is 0.948. The Labute approximate surface area is 85.4 Å². The first kappa shape index (κ1) is 9.39. The van der Waals surface area contributed by atoms with E-state index in [2.05, 4.69) is 9.97 Å². The van der Waals surface area contributed by atoms with Crippen LogP contribution in [-0.4, -0.2) is 28.5 Å². The molecule has 0 spiro atoms. The van der Waals surface area contributed by atoms with Crippen LogP contribution >= 0.6 is 0 Å². The van der Waals surface area contributed by atoms with E-state index in [-0.39, 0.29) is 11.6 Å². The number of aromatic hydroxyl groups is 1. The lowest BCUT2D eigenvalue weighted by Gasteiger charge is -2.02. The Kier molecular flexibility index (Phi) is 2.21. The molecule has 1 aromatic heterocycles. The van der Waals surface area contributed by atoms with Gasteiger partial charge in [0.15, 0.2) is 12.0 Å². The SMILES string of the molecule is COc1ccc2nc(O)c(C=O)nc2c1. The number of nitrogens with zero attached hydrogens (tertiary/aromatic N) is 2. The summed E-state index contributed by atoms with van der Waals surface area (Å²) in [7, 11) is 1.54. The number of aromatic nitrogens is 2. The molecule has 2 rings (SSSR count). The molecule has 0 fully saturated rings. The standard InChI is InChI=1S/C10H8N2O3/c1-15-6-2-3-7-8(4-6)11-9(5-13)10(14)12-7/h2-5H,1H3,(H,12,14). The zero-order valence-corrected chi connectivity index (χ0v) is 7.97. The number of hydrogen-bond acceptors (Lipinski definition) is 5. The van der Waals surface area contributed by atoms with Gasteiger partial charge >= 0.3 is 0 Å². The number of methoxy groups -OCH3 is 1. The van der Waals surface area contributed by atoms with Crippen molar-refractivity contribution in [2.24, 2.45) is 0 Å². The van der Waals surface area contributed by atoms with E-state index in [4.69, 9.17) is 4.74 Å². The summed E-state index contributed by atoms with van der Waals surface area (Å²) in [6.07, 6.45) is 0.460. The van der Waals surface area contributed by atoms with Gasteiger partial charge in [-0.1, -0.05) is 0 Å². The van der Waals surface area contributed by atoms with Crippen molar-refractivity contribution in [3.63, 3.8) is 0 Å². The van der Waals surface area contributed by atoms with Gasteiger partial charge in [0.1, 0.15) is 5.75 Å². The number of hydrogen-bond donors (Lipinski definition) is 1. The van der Waals surface area contributed by atoms with Crippen molar-refractivity contribution in [3.8, 4) is 11.6 Å². The Morgan fingerprint density at radius 1 is 1.33 bits per heavy atom. The number of aldehydes is 1. The monoisotopic (exact) mass is 204 g/mol. The molecule has 0 aliphatic heterocycles. The highest BCUT2D eigenvalue weighted by molar-refractivity contribution is 5.83. The van der Waals surface area contributed by atoms with Gasteiger partial charge in [0, 0.05) is 6.07 Å². The molecule has 1 heterocycles. The van der Waals surface area contributed by atoms with Gasteiger partial charge in [-0.2, -0.15) is 0 Å². The van der Waals surface area contributed by atoms with Gasteiger partial charge in [-0.3, -0.25) is 4.79 Å².